The van der Waals surface area contributed by atoms with Gasteiger partial charge in [-0.25, -0.2) is 4.79 Å². The fourth-order valence-electron chi connectivity index (χ4n) is 8.37. The average molecular weight is 854 g/mol. The zero-order valence-corrected chi connectivity index (χ0v) is 35.2. The molecule has 1 fully saturated rings. The third-order valence-corrected chi connectivity index (χ3v) is 11.6. The minimum atomic E-state index is -1.11. The Morgan fingerprint density at radius 3 is 2.33 bits per heavy atom. The summed E-state index contributed by atoms with van der Waals surface area (Å²) in [5.74, 6) is -2.47. The molecule has 4 aromatic carbocycles. The normalized spacial score (nSPS) is 17.1. The Morgan fingerprint density at radius 2 is 1.62 bits per heavy atom. The summed E-state index contributed by atoms with van der Waals surface area (Å²) in [5.41, 5.74) is 2.83. The van der Waals surface area contributed by atoms with Crippen LogP contribution >= 0.6 is 0 Å². The van der Waals surface area contributed by atoms with Gasteiger partial charge in [-0.15, -0.1) is 0 Å². The van der Waals surface area contributed by atoms with Crippen molar-refractivity contribution in [2.45, 2.75) is 57.3 Å². The van der Waals surface area contributed by atoms with E-state index in [0.29, 0.717) is 52.0 Å². The molecule has 3 aliphatic rings. The highest BCUT2D eigenvalue weighted by Gasteiger charge is 2.45. The summed E-state index contributed by atoms with van der Waals surface area (Å²) < 4.78 is 5.98. The summed E-state index contributed by atoms with van der Waals surface area (Å²) >= 11 is 0. The molecule has 17 heteroatoms. The topological polar surface area (TPSA) is 215 Å². The van der Waals surface area contributed by atoms with E-state index in [2.05, 4.69) is 31.5 Å². The number of amides is 8. The van der Waals surface area contributed by atoms with Crippen LogP contribution in [0.25, 0.3) is 10.8 Å². The van der Waals surface area contributed by atoms with Crippen molar-refractivity contribution in [2.24, 2.45) is 0 Å². The summed E-state index contributed by atoms with van der Waals surface area (Å²) in [5, 5.41) is 19.6. The molecular formula is C46H47N9O8. The van der Waals surface area contributed by atoms with Crippen LogP contribution in [0.15, 0.2) is 84.9 Å². The van der Waals surface area contributed by atoms with Crippen LogP contribution in [0.1, 0.15) is 97.4 Å². The van der Waals surface area contributed by atoms with Crippen LogP contribution < -0.4 is 26.0 Å². The highest BCUT2D eigenvalue weighted by Crippen LogP contribution is 2.41. The van der Waals surface area contributed by atoms with E-state index in [1.165, 1.54) is 0 Å². The highest BCUT2D eigenvalue weighted by molar-refractivity contribution is 6.27. The van der Waals surface area contributed by atoms with E-state index in [0.717, 1.165) is 16.2 Å². The van der Waals surface area contributed by atoms with Crippen molar-refractivity contribution >= 4 is 58.1 Å². The van der Waals surface area contributed by atoms with E-state index in [1.807, 2.05) is 63.2 Å². The second-order valence-electron chi connectivity index (χ2n) is 16.6. The minimum absolute atomic E-state index is 0.0119. The molecule has 63 heavy (non-hydrogen) atoms. The fourth-order valence-corrected chi connectivity index (χ4v) is 8.37. The maximum Gasteiger partial charge on any atom is 0.319 e. The maximum absolute atomic E-state index is 13.7. The molecule has 324 valence electrons. The minimum Gasteiger partial charge on any atom is -0.493 e. The number of aromatic nitrogens is 2. The van der Waals surface area contributed by atoms with Crippen molar-refractivity contribution in [3.8, 4) is 5.75 Å². The van der Waals surface area contributed by atoms with E-state index in [4.69, 9.17) is 4.74 Å². The standard InChI is InChI=1S/C46H47N9O8/c1-46(2)38-33(24-54(46)45(62)48-34(25-53(3)4)26-10-6-5-7-11-26)39(52-51-38)50-41(58)28-16-14-27(15-17-28)40(57)47-20-9-21-63-30-22-29-12-8-13-31-37(29)32(23-30)44(61)55(43(31)60)35-18-19-36(56)49-42(35)59/h5-8,10-17,22-23,34-35H,9,18-21,24-25H2,1-4H3,(H,47,57)(H,48,62)(H,49,56,59)(H2,50,51,52,58)/t34-,35?/m1/s1. The van der Waals surface area contributed by atoms with E-state index in [1.54, 1.807) is 59.5 Å². The van der Waals surface area contributed by atoms with E-state index in [-0.39, 0.29) is 61.6 Å². The Morgan fingerprint density at radius 1 is 0.905 bits per heavy atom. The maximum atomic E-state index is 13.7. The van der Waals surface area contributed by atoms with E-state index >= 15 is 0 Å². The molecule has 0 spiro atoms. The smallest absolute Gasteiger partial charge is 0.319 e. The molecule has 8 rings (SSSR count). The number of rotatable bonds is 13. The number of anilines is 1. The lowest BCUT2D eigenvalue weighted by Gasteiger charge is -2.34. The lowest BCUT2D eigenvalue weighted by atomic mass is 9.91. The number of aromatic amines is 1. The number of nitrogens with one attached hydrogen (secondary N) is 5. The van der Waals surface area contributed by atoms with E-state index < -0.39 is 41.1 Å². The number of fused-ring (bicyclic) bond motifs is 1. The van der Waals surface area contributed by atoms with Crippen LogP contribution in [0.2, 0.25) is 0 Å². The van der Waals surface area contributed by atoms with E-state index in [9.17, 15) is 33.6 Å². The molecule has 4 heterocycles. The van der Waals surface area contributed by atoms with Crippen molar-refractivity contribution in [3.05, 3.63) is 124 Å². The molecule has 17 nitrogen and oxygen atoms in total. The number of benzene rings is 4. The summed E-state index contributed by atoms with van der Waals surface area (Å²) in [6, 6.07) is 22.7. The number of piperidine rings is 1. The molecule has 0 saturated carbocycles. The molecule has 3 aliphatic heterocycles. The van der Waals surface area contributed by atoms with Crippen molar-refractivity contribution < 1.29 is 38.3 Å². The Balaban J connectivity index is 0.838. The van der Waals surface area contributed by atoms with Gasteiger partial charge >= 0.3 is 6.03 Å². The summed E-state index contributed by atoms with van der Waals surface area (Å²) in [7, 11) is 3.91. The second kappa shape index (κ2) is 17.2. The van der Waals surface area contributed by atoms with Crippen molar-refractivity contribution in [1.29, 1.82) is 0 Å². The lowest BCUT2D eigenvalue weighted by molar-refractivity contribution is -0.136. The first-order valence-electron chi connectivity index (χ1n) is 20.7. The van der Waals surface area contributed by atoms with Crippen molar-refractivity contribution in [3.63, 3.8) is 0 Å². The average Bonchev–Trinajstić information content (AvgIpc) is 3.79. The molecular weight excluding hydrogens is 807 g/mol. The van der Waals surface area contributed by atoms with Crippen LogP contribution in [-0.2, 0) is 21.7 Å². The van der Waals surface area contributed by atoms with Gasteiger partial charge in [0.1, 0.15) is 11.8 Å². The van der Waals surface area contributed by atoms with Gasteiger partial charge in [-0.2, -0.15) is 5.10 Å². The SMILES string of the molecule is CN(C)C[C@@H](NC(=O)N1Cc2c(NC(=O)c3ccc(C(=O)NCCCOc4cc5c6c(cccc6c4)C(=O)N(C4CCC(=O)NC4=O)C5=O)cc3)n[nH]c2C1(C)C)c1ccccc1. The predicted octanol–water partition coefficient (Wildman–Crippen LogP) is 4.48. The van der Waals surface area contributed by atoms with Crippen LogP contribution in [0.4, 0.5) is 10.6 Å². The molecule has 5 N–H and O–H groups in total. The van der Waals surface area contributed by atoms with Crippen LogP contribution in [0, 0.1) is 0 Å². The molecule has 2 atom stereocenters. The number of nitrogens with zero attached hydrogens (tertiary/aromatic N) is 4. The lowest BCUT2D eigenvalue weighted by Crippen LogP contribution is -2.57. The van der Waals surface area contributed by atoms with Crippen LogP contribution in [0.3, 0.4) is 0 Å². The number of urea groups is 1. The second-order valence-corrected chi connectivity index (χ2v) is 16.6. The molecule has 0 radical (unpaired) electrons. The first-order valence-corrected chi connectivity index (χ1v) is 20.7. The number of hydrogen-bond acceptors (Lipinski definition) is 10. The van der Waals surface area contributed by atoms with Gasteiger partial charge in [0.2, 0.25) is 11.8 Å². The van der Waals surface area contributed by atoms with Gasteiger partial charge in [0.05, 0.1) is 36.0 Å². The van der Waals surface area contributed by atoms with Crippen molar-refractivity contribution in [2.75, 3.05) is 39.1 Å². The summed E-state index contributed by atoms with van der Waals surface area (Å²) in [6.45, 7) is 5.14. The third kappa shape index (κ3) is 8.34. The number of ether oxygens (including phenoxy) is 1. The first-order chi connectivity index (χ1) is 30.2. The molecule has 1 unspecified atom stereocenters. The predicted molar refractivity (Wildman–Crippen MR) is 231 cm³/mol. The molecule has 8 amide bonds. The monoisotopic (exact) mass is 853 g/mol. The molecule has 5 aromatic rings. The number of carbonyl (C=O) groups is 7. The summed E-state index contributed by atoms with van der Waals surface area (Å²) in [6.07, 6.45) is 0.471. The van der Waals surface area contributed by atoms with Gasteiger partial charge in [0.15, 0.2) is 5.82 Å². The number of carbonyl (C=O) groups excluding carboxylic acids is 7. The quantitative estimate of drug-likeness (QED) is 0.0827. The highest BCUT2D eigenvalue weighted by atomic mass is 16.5. The molecule has 1 aromatic heterocycles. The molecule has 0 aliphatic carbocycles. The zero-order chi connectivity index (χ0) is 44.6. The number of H-pyrrole nitrogens is 1. The Bertz CT molecular complexity index is 2660. The Labute approximate surface area is 362 Å². The van der Waals surface area contributed by atoms with Gasteiger partial charge in [-0.1, -0.05) is 42.5 Å². The zero-order valence-electron chi connectivity index (χ0n) is 35.2. The summed E-state index contributed by atoms with van der Waals surface area (Å²) in [4.78, 5) is 96.2. The van der Waals surface area contributed by atoms with Crippen molar-refractivity contribution in [1.82, 2.24) is 40.8 Å². The fraction of sp³-hybridized carbons (Fsp3) is 0.304. The van der Waals surface area contributed by atoms with Gasteiger partial charge in [0, 0.05) is 47.2 Å². The van der Waals surface area contributed by atoms with Gasteiger partial charge < -0.3 is 30.5 Å². The Hall–Kier alpha value is -7.40. The number of hydrogen-bond donors (Lipinski definition) is 5. The van der Waals surface area contributed by atoms with Crippen LogP contribution in [0.5, 0.6) is 5.75 Å². The number of likely N-dealkylation sites (N-methyl/N-ethyl adjacent to an activating group) is 1. The van der Waals surface area contributed by atoms with Gasteiger partial charge in [0.25, 0.3) is 23.6 Å². The number of imide groups is 2. The first kappa shape index (κ1) is 42.3. The van der Waals surface area contributed by atoms with Gasteiger partial charge in [-0.05, 0) is 94.2 Å². The van der Waals surface area contributed by atoms with Crippen LogP contribution in [-0.4, -0.2) is 106 Å². The third-order valence-electron chi connectivity index (χ3n) is 11.6. The van der Waals surface area contributed by atoms with Gasteiger partial charge in [-0.3, -0.25) is 44.1 Å². The molecule has 0 bridgehead atoms. The molecule has 1 saturated heterocycles. The Kier molecular flexibility index (Phi) is 11.5. The largest absolute Gasteiger partial charge is 0.493 e.